The summed E-state index contributed by atoms with van der Waals surface area (Å²) in [6, 6.07) is 17.9. The van der Waals surface area contributed by atoms with Gasteiger partial charge < -0.3 is 14.4 Å². The SMILES string of the molecule is COc1ccc(CN2C(=O)[C@H](OCc3ccccc3)[C@@H]2C(C)(C)C)cc1. The maximum Gasteiger partial charge on any atom is 0.254 e. The summed E-state index contributed by atoms with van der Waals surface area (Å²) >= 11 is 0. The molecule has 2 aromatic carbocycles. The van der Waals surface area contributed by atoms with Crippen molar-refractivity contribution in [3.63, 3.8) is 0 Å². The van der Waals surface area contributed by atoms with E-state index in [0.717, 1.165) is 16.9 Å². The monoisotopic (exact) mass is 353 g/mol. The Bertz CT molecular complexity index is 734. The molecular formula is C22H27NO3. The molecule has 1 aliphatic heterocycles. The second-order valence-corrected chi connectivity index (χ2v) is 7.84. The molecule has 0 N–H and O–H groups in total. The van der Waals surface area contributed by atoms with Gasteiger partial charge in [0.2, 0.25) is 0 Å². The van der Waals surface area contributed by atoms with Crippen molar-refractivity contribution in [3.05, 3.63) is 65.7 Å². The highest BCUT2D eigenvalue weighted by molar-refractivity contribution is 5.88. The van der Waals surface area contributed by atoms with Crippen LogP contribution in [0.4, 0.5) is 0 Å². The number of carbonyl (C=O) groups is 1. The molecule has 0 aliphatic carbocycles. The first-order valence-corrected chi connectivity index (χ1v) is 8.99. The number of nitrogens with zero attached hydrogens (tertiary/aromatic N) is 1. The second-order valence-electron chi connectivity index (χ2n) is 7.84. The third kappa shape index (κ3) is 3.91. The summed E-state index contributed by atoms with van der Waals surface area (Å²) in [6.45, 7) is 7.52. The van der Waals surface area contributed by atoms with Crippen LogP contribution in [0.3, 0.4) is 0 Å². The molecule has 138 valence electrons. The van der Waals surface area contributed by atoms with E-state index in [1.165, 1.54) is 0 Å². The van der Waals surface area contributed by atoms with E-state index in [1.807, 2.05) is 59.5 Å². The number of carbonyl (C=O) groups excluding carboxylic acids is 1. The topological polar surface area (TPSA) is 38.8 Å². The van der Waals surface area contributed by atoms with Gasteiger partial charge >= 0.3 is 0 Å². The van der Waals surface area contributed by atoms with Crippen LogP contribution in [0.5, 0.6) is 5.75 Å². The molecule has 4 heteroatoms. The van der Waals surface area contributed by atoms with Crippen LogP contribution in [0.25, 0.3) is 0 Å². The molecule has 0 aromatic heterocycles. The molecule has 1 fully saturated rings. The van der Waals surface area contributed by atoms with Gasteiger partial charge in [-0.05, 0) is 28.7 Å². The molecule has 0 radical (unpaired) electrons. The fourth-order valence-electron chi connectivity index (χ4n) is 3.47. The molecule has 2 aromatic rings. The van der Waals surface area contributed by atoms with E-state index in [-0.39, 0.29) is 23.5 Å². The molecule has 1 saturated heterocycles. The van der Waals surface area contributed by atoms with E-state index < -0.39 is 0 Å². The molecular weight excluding hydrogens is 326 g/mol. The number of rotatable bonds is 6. The number of ether oxygens (including phenoxy) is 2. The van der Waals surface area contributed by atoms with Crippen molar-refractivity contribution in [1.29, 1.82) is 0 Å². The van der Waals surface area contributed by atoms with Gasteiger partial charge in [0.1, 0.15) is 5.75 Å². The molecule has 2 atom stereocenters. The largest absolute Gasteiger partial charge is 0.497 e. The lowest BCUT2D eigenvalue weighted by Gasteiger charge is -2.52. The first kappa shape index (κ1) is 18.5. The van der Waals surface area contributed by atoms with Gasteiger partial charge in [-0.25, -0.2) is 0 Å². The van der Waals surface area contributed by atoms with Crippen LogP contribution in [0.15, 0.2) is 54.6 Å². The minimum atomic E-state index is -0.381. The van der Waals surface area contributed by atoms with Crippen LogP contribution >= 0.6 is 0 Å². The fraction of sp³-hybridized carbons (Fsp3) is 0.409. The van der Waals surface area contributed by atoms with Gasteiger partial charge in [0, 0.05) is 6.54 Å². The van der Waals surface area contributed by atoms with Gasteiger partial charge in [0.25, 0.3) is 5.91 Å². The average molecular weight is 353 g/mol. The lowest BCUT2D eigenvalue weighted by atomic mass is 9.76. The van der Waals surface area contributed by atoms with Crippen LogP contribution in [0.1, 0.15) is 31.9 Å². The van der Waals surface area contributed by atoms with E-state index >= 15 is 0 Å². The van der Waals surface area contributed by atoms with E-state index in [9.17, 15) is 4.79 Å². The number of methoxy groups -OCH3 is 1. The fourth-order valence-corrected chi connectivity index (χ4v) is 3.47. The Labute approximate surface area is 155 Å². The molecule has 0 unspecified atom stereocenters. The molecule has 3 rings (SSSR count). The van der Waals surface area contributed by atoms with Crippen molar-refractivity contribution in [2.45, 2.75) is 46.1 Å². The standard InChI is InChI=1S/C22H27NO3/c1-22(2,3)20-19(26-15-17-8-6-5-7-9-17)21(24)23(20)14-16-10-12-18(25-4)13-11-16/h5-13,19-20H,14-15H2,1-4H3/t19-,20-/m1/s1. The molecule has 1 heterocycles. The van der Waals surface area contributed by atoms with Gasteiger partial charge in [-0.15, -0.1) is 0 Å². The number of benzene rings is 2. The van der Waals surface area contributed by atoms with Crippen molar-refractivity contribution >= 4 is 5.91 Å². The lowest BCUT2D eigenvalue weighted by Crippen LogP contribution is -2.69. The van der Waals surface area contributed by atoms with E-state index in [4.69, 9.17) is 9.47 Å². The molecule has 0 spiro atoms. The average Bonchev–Trinajstić information content (AvgIpc) is 2.63. The molecule has 1 aliphatic rings. The second kappa shape index (κ2) is 7.50. The van der Waals surface area contributed by atoms with Crippen LogP contribution in [-0.4, -0.2) is 30.1 Å². The highest BCUT2D eigenvalue weighted by atomic mass is 16.5. The number of β-lactam (4-membered cyclic amide) rings is 1. The zero-order chi connectivity index (χ0) is 18.7. The zero-order valence-electron chi connectivity index (χ0n) is 15.9. The maximum absolute atomic E-state index is 12.7. The van der Waals surface area contributed by atoms with Crippen LogP contribution in [0.2, 0.25) is 0 Å². The summed E-state index contributed by atoms with van der Waals surface area (Å²) in [7, 11) is 1.65. The molecule has 4 nitrogen and oxygen atoms in total. The van der Waals surface area contributed by atoms with Gasteiger partial charge in [-0.3, -0.25) is 4.79 Å². The first-order valence-electron chi connectivity index (χ1n) is 8.99. The summed E-state index contributed by atoms with van der Waals surface area (Å²) in [5.41, 5.74) is 2.12. The Morgan fingerprint density at radius 3 is 2.19 bits per heavy atom. The predicted octanol–water partition coefficient (Wildman–Crippen LogP) is 4.04. The normalized spacial score (nSPS) is 20.0. The molecule has 0 bridgehead atoms. The zero-order valence-corrected chi connectivity index (χ0v) is 15.9. The van der Waals surface area contributed by atoms with Gasteiger partial charge in [-0.2, -0.15) is 0 Å². The minimum Gasteiger partial charge on any atom is -0.497 e. The Morgan fingerprint density at radius 1 is 0.962 bits per heavy atom. The Balaban J connectivity index is 1.69. The van der Waals surface area contributed by atoms with Gasteiger partial charge in [0.05, 0.1) is 19.8 Å². The quantitative estimate of drug-likeness (QED) is 0.736. The number of amides is 1. The third-order valence-corrected chi connectivity index (χ3v) is 4.82. The third-order valence-electron chi connectivity index (χ3n) is 4.82. The molecule has 1 amide bonds. The van der Waals surface area contributed by atoms with Crippen LogP contribution in [0, 0.1) is 5.41 Å². The number of likely N-dealkylation sites (tertiary alicyclic amines) is 1. The molecule has 26 heavy (non-hydrogen) atoms. The van der Waals surface area contributed by atoms with Crippen molar-refractivity contribution < 1.29 is 14.3 Å². The smallest absolute Gasteiger partial charge is 0.254 e. The van der Waals surface area contributed by atoms with Gasteiger partial charge in [-0.1, -0.05) is 63.2 Å². The summed E-state index contributed by atoms with van der Waals surface area (Å²) in [4.78, 5) is 14.7. The predicted molar refractivity (Wildman–Crippen MR) is 102 cm³/mol. The summed E-state index contributed by atoms with van der Waals surface area (Å²) in [5, 5.41) is 0. The Morgan fingerprint density at radius 2 is 1.62 bits per heavy atom. The van der Waals surface area contributed by atoms with E-state index in [2.05, 4.69) is 20.8 Å². The lowest BCUT2D eigenvalue weighted by molar-refractivity contribution is -0.188. The van der Waals surface area contributed by atoms with E-state index in [1.54, 1.807) is 7.11 Å². The molecule has 0 saturated carbocycles. The number of hydrogen-bond acceptors (Lipinski definition) is 3. The highest BCUT2D eigenvalue weighted by Gasteiger charge is 2.53. The number of hydrogen-bond donors (Lipinski definition) is 0. The first-order chi connectivity index (χ1) is 12.4. The van der Waals surface area contributed by atoms with Crippen LogP contribution < -0.4 is 4.74 Å². The van der Waals surface area contributed by atoms with Crippen LogP contribution in [-0.2, 0) is 22.7 Å². The highest BCUT2D eigenvalue weighted by Crippen LogP contribution is 2.38. The van der Waals surface area contributed by atoms with Crippen molar-refractivity contribution in [1.82, 2.24) is 4.90 Å². The summed E-state index contributed by atoms with van der Waals surface area (Å²) in [5.74, 6) is 0.886. The van der Waals surface area contributed by atoms with Crippen molar-refractivity contribution in [3.8, 4) is 5.75 Å². The van der Waals surface area contributed by atoms with Gasteiger partial charge in [0.15, 0.2) is 6.10 Å². The summed E-state index contributed by atoms with van der Waals surface area (Å²) < 4.78 is 11.2. The van der Waals surface area contributed by atoms with E-state index in [0.29, 0.717) is 13.2 Å². The Hall–Kier alpha value is -2.33. The minimum absolute atomic E-state index is 0.0538. The van der Waals surface area contributed by atoms with Crippen molar-refractivity contribution in [2.75, 3.05) is 7.11 Å². The summed E-state index contributed by atoms with van der Waals surface area (Å²) in [6.07, 6.45) is -0.381. The Kier molecular flexibility index (Phi) is 5.33. The maximum atomic E-state index is 12.7. The van der Waals surface area contributed by atoms with Crippen molar-refractivity contribution in [2.24, 2.45) is 5.41 Å².